The zero-order chi connectivity index (χ0) is 25.9. The number of hydrogen-bond acceptors (Lipinski definition) is 6. The van der Waals surface area contributed by atoms with Crippen LogP contribution in [0, 0.1) is 6.92 Å². The summed E-state index contributed by atoms with van der Waals surface area (Å²) in [6, 6.07) is 13.2. The minimum absolute atomic E-state index is 0.108. The Morgan fingerprint density at radius 3 is 2.47 bits per heavy atom. The zero-order valence-corrected chi connectivity index (χ0v) is 22.8. The second-order valence-corrected chi connectivity index (χ2v) is 12.1. The van der Waals surface area contributed by atoms with E-state index in [9.17, 15) is 13.2 Å². The lowest BCUT2D eigenvalue weighted by Crippen LogP contribution is -2.46. The Balaban J connectivity index is 1.62. The Bertz CT molecular complexity index is 1320. The molecule has 0 bridgehead atoms. The van der Waals surface area contributed by atoms with E-state index in [1.807, 2.05) is 50.4 Å². The molecule has 2 aromatic carbocycles. The topological polar surface area (TPSA) is 76.2 Å². The standard InChI is InChI=1S/C26H29ClN2O5S2/c1-4-19(3)29(36(31,32)22-8-6-21(27)7-9-22)16-26(30)28(15-25-18(2)11-12-35-25)14-20-5-10-23-24(13-20)34-17-33-23/h5-13,19H,4,14-17H2,1-3H3. The molecule has 1 unspecified atom stereocenters. The van der Waals surface area contributed by atoms with Crippen LogP contribution < -0.4 is 9.47 Å². The van der Waals surface area contributed by atoms with E-state index >= 15 is 0 Å². The summed E-state index contributed by atoms with van der Waals surface area (Å²) in [6.07, 6.45) is 0.562. The molecule has 0 spiro atoms. The van der Waals surface area contributed by atoms with Crippen molar-refractivity contribution in [3.63, 3.8) is 0 Å². The first-order chi connectivity index (χ1) is 17.2. The van der Waals surface area contributed by atoms with Crippen LogP contribution in [-0.4, -0.2) is 42.9 Å². The van der Waals surface area contributed by atoms with Crippen molar-refractivity contribution in [2.24, 2.45) is 0 Å². The first-order valence-corrected chi connectivity index (χ1v) is 14.4. The number of halogens is 1. The van der Waals surface area contributed by atoms with Crippen LogP contribution in [0.15, 0.2) is 58.8 Å². The third kappa shape index (κ3) is 5.86. The largest absolute Gasteiger partial charge is 0.454 e. The highest BCUT2D eigenvalue weighted by molar-refractivity contribution is 7.89. The van der Waals surface area contributed by atoms with Crippen LogP contribution in [0.5, 0.6) is 11.5 Å². The van der Waals surface area contributed by atoms with Gasteiger partial charge in [-0.2, -0.15) is 4.31 Å². The smallest absolute Gasteiger partial charge is 0.243 e. The third-order valence-electron chi connectivity index (χ3n) is 6.26. The summed E-state index contributed by atoms with van der Waals surface area (Å²) in [5, 5.41) is 2.44. The van der Waals surface area contributed by atoms with Gasteiger partial charge in [-0.3, -0.25) is 4.79 Å². The van der Waals surface area contributed by atoms with Gasteiger partial charge in [-0.15, -0.1) is 11.3 Å². The van der Waals surface area contributed by atoms with E-state index in [0.717, 1.165) is 16.0 Å². The van der Waals surface area contributed by atoms with Crippen LogP contribution in [0.25, 0.3) is 0 Å². The molecule has 1 aromatic heterocycles. The maximum absolute atomic E-state index is 13.7. The van der Waals surface area contributed by atoms with Crippen molar-refractivity contribution >= 4 is 38.9 Å². The SMILES string of the molecule is CCC(C)N(CC(=O)N(Cc1ccc2c(c1)OCO2)Cc1sccc1C)S(=O)(=O)c1ccc(Cl)cc1. The highest BCUT2D eigenvalue weighted by Gasteiger charge is 2.32. The van der Waals surface area contributed by atoms with Crippen LogP contribution in [0.4, 0.5) is 0 Å². The second kappa shape index (κ2) is 11.2. The molecule has 0 fully saturated rings. The molecule has 0 saturated carbocycles. The van der Waals surface area contributed by atoms with Gasteiger partial charge in [0.05, 0.1) is 18.0 Å². The zero-order valence-electron chi connectivity index (χ0n) is 20.4. The van der Waals surface area contributed by atoms with Crippen LogP contribution in [0.3, 0.4) is 0 Å². The normalized spacial score (nSPS) is 13.7. The van der Waals surface area contributed by atoms with Gasteiger partial charge in [0, 0.05) is 22.5 Å². The number of amides is 1. The Morgan fingerprint density at radius 1 is 1.08 bits per heavy atom. The Kier molecular flexibility index (Phi) is 8.24. The molecule has 0 radical (unpaired) electrons. The number of nitrogens with zero attached hydrogens (tertiary/aromatic N) is 2. The van der Waals surface area contributed by atoms with E-state index in [0.29, 0.717) is 36.0 Å². The van der Waals surface area contributed by atoms with E-state index in [-0.39, 0.29) is 30.2 Å². The molecule has 7 nitrogen and oxygen atoms in total. The molecule has 0 aliphatic carbocycles. The maximum atomic E-state index is 13.7. The lowest BCUT2D eigenvalue weighted by Gasteiger charge is -2.30. The van der Waals surface area contributed by atoms with Crippen molar-refractivity contribution in [2.75, 3.05) is 13.3 Å². The van der Waals surface area contributed by atoms with Gasteiger partial charge >= 0.3 is 0 Å². The summed E-state index contributed by atoms with van der Waals surface area (Å²) < 4.78 is 39.3. The molecule has 4 rings (SSSR count). The Morgan fingerprint density at radius 2 is 1.81 bits per heavy atom. The first kappa shape index (κ1) is 26.5. The summed E-state index contributed by atoms with van der Waals surface area (Å²) in [4.78, 5) is 16.6. The molecule has 0 N–H and O–H groups in total. The molecule has 10 heteroatoms. The van der Waals surface area contributed by atoms with Crippen LogP contribution >= 0.6 is 22.9 Å². The van der Waals surface area contributed by atoms with Gasteiger partial charge in [-0.05, 0) is 79.2 Å². The fourth-order valence-electron chi connectivity index (χ4n) is 3.89. The predicted molar refractivity (Wildman–Crippen MR) is 141 cm³/mol. The van der Waals surface area contributed by atoms with Crippen molar-refractivity contribution in [1.29, 1.82) is 0 Å². The van der Waals surface area contributed by atoms with Crippen LogP contribution in [-0.2, 0) is 27.9 Å². The molecule has 3 aromatic rings. The molecule has 1 aliphatic heterocycles. The fraction of sp³-hybridized carbons (Fsp3) is 0.346. The highest BCUT2D eigenvalue weighted by atomic mass is 35.5. The number of rotatable bonds is 10. The summed E-state index contributed by atoms with van der Waals surface area (Å²) in [6.45, 7) is 6.31. The second-order valence-electron chi connectivity index (χ2n) is 8.73. The number of carbonyl (C=O) groups excluding carboxylic acids is 1. The van der Waals surface area contributed by atoms with E-state index < -0.39 is 10.0 Å². The molecule has 1 aliphatic rings. The number of benzene rings is 2. The van der Waals surface area contributed by atoms with Crippen molar-refractivity contribution in [3.8, 4) is 11.5 Å². The number of carbonyl (C=O) groups is 1. The summed E-state index contributed by atoms with van der Waals surface area (Å²) in [5.41, 5.74) is 1.97. The fourth-order valence-corrected chi connectivity index (χ4v) is 6.59. The number of thiophene rings is 1. The van der Waals surface area contributed by atoms with Gasteiger partial charge in [0.15, 0.2) is 11.5 Å². The Labute approximate surface area is 221 Å². The van der Waals surface area contributed by atoms with Crippen LogP contribution in [0.1, 0.15) is 36.3 Å². The quantitative estimate of drug-likeness (QED) is 0.336. The minimum Gasteiger partial charge on any atom is -0.454 e. The average molecular weight is 549 g/mol. The molecule has 2 heterocycles. The van der Waals surface area contributed by atoms with Crippen LogP contribution in [0.2, 0.25) is 5.02 Å². The van der Waals surface area contributed by atoms with Crippen molar-refractivity contribution in [2.45, 2.75) is 51.2 Å². The van der Waals surface area contributed by atoms with Gasteiger partial charge in [0.1, 0.15) is 0 Å². The van der Waals surface area contributed by atoms with Gasteiger partial charge < -0.3 is 14.4 Å². The lowest BCUT2D eigenvalue weighted by molar-refractivity contribution is -0.133. The number of ether oxygens (including phenoxy) is 2. The number of sulfonamides is 1. The van der Waals surface area contributed by atoms with Gasteiger partial charge in [0.25, 0.3) is 0 Å². The third-order valence-corrected chi connectivity index (χ3v) is 9.49. The highest BCUT2D eigenvalue weighted by Crippen LogP contribution is 2.33. The van der Waals surface area contributed by atoms with Crippen molar-refractivity contribution in [3.05, 3.63) is 74.9 Å². The maximum Gasteiger partial charge on any atom is 0.243 e. The first-order valence-electron chi connectivity index (χ1n) is 11.7. The van der Waals surface area contributed by atoms with E-state index in [4.69, 9.17) is 21.1 Å². The van der Waals surface area contributed by atoms with Gasteiger partial charge in [0.2, 0.25) is 22.7 Å². The molecule has 1 amide bonds. The molecule has 36 heavy (non-hydrogen) atoms. The summed E-state index contributed by atoms with van der Waals surface area (Å²) in [5.74, 6) is 1.03. The molecule has 192 valence electrons. The van der Waals surface area contributed by atoms with Gasteiger partial charge in [-0.25, -0.2) is 8.42 Å². The molecule has 1 atom stereocenters. The molecular weight excluding hydrogens is 520 g/mol. The number of hydrogen-bond donors (Lipinski definition) is 0. The van der Waals surface area contributed by atoms with E-state index in [1.54, 1.807) is 16.2 Å². The minimum atomic E-state index is -3.92. The van der Waals surface area contributed by atoms with Crippen molar-refractivity contribution in [1.82, 2.24) is 9.21 Å². The molecular formula is C26H29ClN2O5S2. The number of aryl methyl sites for hydroxylation is 1. The predicted octanol–water partition coefficient (Wildman–Crippen LogP) is 5.46. The average Bonchev–Trinajstić information content (AvgIpc) is 3.50. The number of fused-ring (bicyclic) bond motifs is 1. The van der Waals surface area contributed by atoms with E-state index in [1.165, 1.54) is 28.6 Å². The van der Waals surface area contributed by atoms with Gasteiger partial charge in [-0.1, -0.05) is 24.6 Å². The lowest BCUT2D eigenvalue weighted by atomic mass is 10.1. The molecule has 0 saturated heterocycles. The van der Waals surface area contributed by atoms with Crippen molar-refractivity contribution < 1.29 is 22.7 Å². The van der Waals surface area contributed by atoms with E-state index in [2.05, 4.69) is 0 Å². The monoisotopic (exact) mass is 548 g/mol. The Hall–Kier alpha value is -2.59. The summed E-state index contributed by atoms with van der Waals surface area (Å²) in [7, 11) is -3.92. The summed E-state index contributed by atoms with van der Waals surface area (Å²) >= 11 is 7.54.